The van der Waals surface area contributed by atoms with Crippen LogP contribution < -0.4 is 11.3 Å². The first kappa shape index (κ1) is 13.8. The van der Waals surface area contributed by atoms with Crippen LogP contribution in [-0.2, 0) is 16.2 Å². The van der Waals surface area contributed by atoms with Crippen LogP contribution in [0.4, 0.5) is 0 Å². The third kappa shape index (κ3) is 5.04. The molecule has 0 aliphatic heterocycles. The molecule has 1 rings (SSSR count). The first-order valence-corrected chi connectivity index (χ1v) is 5.46. The third-order valence-corrected chi connectivity index (χ3v) is 2.41. The van der Waals surface area contributed by atoms with Gasteiger partial charge in [-0.3, -0.25) is 10.2 Å². The molecule has 0 unspecified atom stereocenters. The van der Waals surface area contributed by atoms with Crippen LogP contribution in [0.25, 0.3) is 0 Å². The molecular formula is C10H11Cl2N3O2. The van der Waals surface area contributed by atoms with Crippen LogP contribution >= 0.6 is 23.2 Å². The number of hydrazine groups is 1. The zero-order valence-electron chi connectivity index (χ0n) is 8.82. The van der Waals surface area contributed by atoms with Crippen molar-refractivity contribution in [3.05, 3.63) is 33.8 Å². The van der Waals surface area contributed by atoms with Gasteiger partial charge in [-0.1, -0.05) is 34.4 Å². The molecule has 0 fully saturated rings. The van der Waals surface area contributed by atoms with E-state index in [0.717, 1.165) is 5.56 Å². The molecule has 0 atom stereocenters. The predicted molar refractivity (Wildman–Crippen MR) is 66.7 cm³/mol. The number of rotatable bonds is 5. The van der Waals surface area contributed by atoms with Crippen LogP contribution in [-0.4, -0.2) is 12.1 Å². The number of hydrogen-bond donors (Lipinski definition) is 2. The van der Waals surface area contributed by atoms with E-state index in [-0.39, 0.29) is 18.9 Å². The second-order valence-electron chi connectivity index (χ2n) is 3.07. The minimum Gasteiger partial charge on any atom is -0.391 e. The SMILES string of the molecule is NNC(=O)C/C=N\OCc1ccc(Cl)cc1Cl. The van der Waals surface area contributed by atoms with Gasteiger partial charge in [-0.2, -0.15) is 0 Å². The van der Waals surface area contributed by atoms with Crippen LogP contribution in [0.1, 0.15) is 12.0 Å². The van der Waals surface area contributed by atoms with Gasteiger partial charge in [0.25, 0.3) is 0 Å². The molecule has 3 N–H and O–H groups in total. The Hall–Kier alpha value is -1.30. The van der Waals surface area contributed by atoms with Crippen molar-refractivity contribution in [2.45, 2.75) is 13.0 Å². The van der Waals surface area contributed by atoms with Crippen molar-refractivity contribution in [3.63, 3.8) is 0 Å². The molecular weight excluding hydrogens is 265 g/mol. The number of oxime groups is 1. The first-order valence-electron chi connectivity index (χ1n) is 4.70. The second-order valence-corrected chi connectivity index (χ2v) is 3.91. The number of halogens is 2. The molecule has 0 aliphatic rings. The molecule has 0 aliphatic carbocycles. The number of nitrogens with two attached hydrogens (primary N) is 1. The summed E-state index contributed by atoms with van der Waals surface area (Å²) < 4.78 is 0. The summed E-state index contributed by atoms with van der Waals surface area (Å²) >= 11 is 11.7. The summed E-state index contributed by atoms with van der Waals surface area (Å²) in [6.45, 7) is 0.205. The second kappa shape index (κ2) is 7.11. The number of carbonyl (C=O) groups is 1. The summed E-state index contributed by atoms with van der Waals surface area (Å²) in [5, 5.41) is 4.65. The molecule has 0 aromatic heterocycles. The van der Waals surface area contributed by atoms with E-state index in [1.807, 2.05) is 5.43 Å². The van der Waals surface area contributed by atoms with Gasteiger partial charge in [0.05, 0.1) is 12.6 Å². The van der Waals surface area contributed by atoms with Gasteiger partial charge in [0.2, 0.25) is 5.91 Å². The zero-order chi connectivity index (χ0) is 12.7. The summed E-state index contributed by atoms with van der Waals surface area (Å²) in [5.74, 6) is 4.53. The Kier molecular flexibility index (Phi) is 5.76. The Morgan fingerprint density at radius 2 is 2.29 bits per heavy atom. The van der Waals surface area contributed by atoms with Gasteiger partial charge in [-0.05, 0) is 12.1 Å². The number of nitrogens with one attached hydrogen (secondary N) is 1. The molecule has 92 valence electrons. The molecule has 0 spiro atoms. The number of benzene rings is 1. The average Bonchev–Trinajstić information content (AvgIpc) is 2.30. The standard InChI is InChI=1S/C10H11Cl2N3O2/c11-8-2-1-7(9(12)5-8)6-17-14-4-3-10(16)15-13/h1-2,4-5H,3,6,13H2,(H,15,16)/b14-4-. The van der Waals surface area contributed by atoms with Crippen molar-refractivity contribution >= 4 is 35.3 Å². The monoisotopic (exact) mass is 275 g/mol. The van der Waals surface area contributed by atoms with E-state index in [9.17, 15) is 4.79 Å². The Morgan fingerprint density at radius 3 is 2.94 bits per heavy atom. The molecule has 17 heavy (non-hydrogen) atoms. The highest BCUT2D eigenvalue weighted by Gasteiger charge is 2.01. The van der Waals surface area contributed by atoms with E-state index >= 15 is 0 Å². The maximum absolute atomic E-state index is 10.7. The van der Waals surface area contributed by atoms with Crippen molar-refractivity contribution in [2.75, 3.05) is 0 Å². The van der Waals surface area contributed by atoms with Crippen LogP contribution in [0, 0.1) is 0 Å². The largest absolute Gasteiger partial charge is 0.391 e. The third-order valence-electron chi connectivity index (χ3n) is 1.82. The highest BCUT2D eigenvalue weighted by molar-refractivity contribution is 6.35. The molecule has 0 saturated heterocycles. The quantitative estimate of drug-likeness (QED) is 0.373. The fourth-order valence-corrected chi connectivity index (χ4v) is 1.44. The summed E-state index contributed by atoms with van der Waals surface area (Å²) in [7, 11) is 0. The number of amides is 1. The van der Waals surface area contributed by atoms with Gasteiger partial charge in [-0.25, -0.2) is 5.84 Å². The Labute approximate surface area is 108 Å². The van der Waals surface area contributed by atoms with Crippen molar-refractivity contribution < 1.29 is 9.63 Å². The van der Waals surface area contributed by atoms with Gasteiger partial charge < -0.3 is 4.84 Å². The highest BCUT2D eigenvalue weighted by atomic mass is 35.5. The molecule has 1 aromatic rings. The van der Waals surface area contributed by atoms with E-state index in [0.29, 0.717) is 10.0 Å². The Morgan fingerprint density at radius 1 is 1.53 bits per heavy atom. The molecule has 0 bridgehead atoms. The highest BCUT2D eigenvalue weighted by Crippen LogP contribution is 2.21. The topological polar surface area (TPSA) is 76.7 Å². The van der Waals surface area contributed by atoms with Gasteiger partial charge in [-0.15, -0.1) is 0 Å². The van der Waals surface area contributed by atoms with Crippen molar-refractivity contribution in [2.24, 2.45) is 11.0 Å². The van der Waals surface area contributed by atoms with Crippen LogP contribution in [0.15, 0.2) is 23.4 Å². The average molecular weight is 276 g/mol. The van der Waals surface area contributed by atoms with E-state index in [2.05, 4.69) is 5.16 Å². The fraction of sp³-hybridized carbons (Fsp3) is 0.200. The smallest absolute Gasteiger partial charge is 0.239 e. The molecule has 0 saturated carbocycles. The van der Waals surface area contributed by atoms with Crippen molar-refractivity contribution in [1.82, 2.24) is 5.43 Å². The lowest BCUT2D eigenvalue weighted by atomic mass is 10.2. The lowest BCUT2D eigenvalue weighted by Crippen LogP contribution is -2.29. The normalized spacial score (nSPS) is 10.5. The maximum Gasteiger partial charge on any atom is 0.239 e. The van der Waals surface area contributed by atoms with Crippen molar-refractivity contribution in [3.8, 4) is 0 Å². The van der Waals surface area contributed by atoms with Gasteiger partial charge in [0, 0.05) is 15.6 Å². The maximum atomic E-state index is 10.7. The van der Waals surface area contributed by atoms with Crippen molar-refractivity contribution in [1.29, 1.82) is 0 Å². The molecule has 7 heteroatoms. The fourth-order valence-electron chi connectivity index (χ4n) is 0.977. The van der Waals surface area contributed by atoms with E-state index < -0.39 is 0 Å². The van der Waals surface area contributed by atoms with Crippen LogP contribution in [0.2, 0.25) is 10.0 Å². The molecule has 1 amide bonds. The Balaban J connectivity index is 2.38. The summed E-state index contributed by atoms with van der Waals surface area (Å²) in [6, 6.07) is 5.07. The summed E-state index contributed by atoms with van der Waals surface area (Å²) in [6.07, 6.45) is 1.37. The number of hydrogen-bond acceptors (Lipinski definition) is 4. The van der Waals surface area contributed by atoms with Crippen LogP contribution in [0.5, 0.6) is 0 Å². The predicted octanol–water partition coefficient (Wildman–Crippen LogP) is 1.88. The Bertz CT molecular complexity index is 424. The van der Waals surface area contributed by atoms with Crippen LogP contribution in [0.3, 0.4) is 0 Å². The van der Waals surface area contributed by atoms with E-state index in [1.54, 1.807) is 18.2 Å². The number of nitrogens with zero attached hydrogens (tertiary/aromatic N) is 1. The molecule has 0 heterocycles. The summed E-state index contributed by atoms with van der Waals surface area (Å²) in [5.41, 5.74) is 2.73. The lowest BCUT2D eigenvalue weighted by molar-refractivity contribution is -0.119. The van der Waals surface area contributed by atoms with E-state index in [4.69, 9.17) is 33.9 Å². The first-order chi connectivity index (χ1) is 8.13. The minimum absolute atomic E-state index is 0.0604. The van der Waals surface area contributed by atoms with E-state index in [1.165, 1.54) is 6.21 Å². The molecule has 5 nitrogen and oxygen atoms in total. The minimum atomic E-state index is -0.345. The van der Waals surface area contributed by atoms with Gasteiger partial charge in [0.1, 0.15) is 6.61 Å². The zero-order valence-corrected chi connectivity index (χ0v) is 10.3. The van der Waals surface area contributed by atoms with Gasteiger partial charge in [0.15, 0.2) is 0 Å². The van der Waals surface area contributed by atoms with Gasteiger partial charge >= 0.3 is 0 Å². The summed E-state index contributed by atoms with van der Waals surface area (Å²) in [4.78, 5) is 15.7. The molecule has 0 radical (unpaired) electrons. The molecule has 1 aromatic carbocycles. The lowest BCUT2D eigenvalue weighted by Gasteiger charge is -2.02. The number of carbonyl (C=O) groups excluding carboxylic acids is 1.